The van der Waals surface area contributed by atoms with E-state index in [1.165, 1.54) is 37.8 Å². The summed E-state index contributed by atoms with van der Waals surface area (Å²) in [4.78, 5) is 6.57. The van der Waals surface area contributed by atoms with Crippen molar-refractivity contribution in [2.45, 2.75) is 38.3 Å². The Morgan fingerprint density at radius 1 is 1.25 bits per heavy atom. The van der Waals surface area contributed by atoms with Crippen molar-refractivity contribution in [1.82, 2.24) is 9.88 Å². The van der Waals surface area contributed by atoms with Crippen molar-refractivity contribution >= 4 is 11.6 Å². The Labute approximate surface area is 103 Å². The van der Waals surface area contributed by atoms with Crippen molar-refractivity contribution in [1.29, 1.82) is 0 Å². The predicted molar refractivity (Wildman–Crippen MR) is 67.6 cm³/mol. The van der Waals surface area contributed by atoms with Crippen LogP contribution in [0.1, 0.15) is 31.2 Å². The molecule has 0 N–H and O–H groups in total. The Morgan fingerprint density at radius 2 is 2.06 bits per heavy atom. The molecule has 2 rings (SSSR count). The minimum Gasteiger partial charge on any atom is -0.295 e. The molecular formula is C13H19ClN2. The van der Waals surface area contributed by atoms with Crippen molar-refractivity contribution < 1.29 is 0 Å². The normalized spacial score (nSPS) is 22.9. The minimum absolute atomic E-state index is 0.553. The lowest BCUT2D eigenvalue weighted by Crippen LogP contribution is -2.35. The van der Waals surface area contributed by atoms with Crippen LogP contribution in [-0.2, 0) is 6.54 Å². The van der Waals surface area contributed by atoms with Gasteiger partial charge in [0.15, 0.2) is 0 Å². The van der Waals surface area contributed by atoms with Gasteiger partial charge in [-0.05, 0) is 37.1 Å². The molecule has 0 bridgehead atoms. The highest BCUT2D eigenvalue weighted by Gasteiger charge is 2.19. The third-order valence-corrected chi connectivity index (χ3v) is 3.67. The van der Waals surface area contributed by atoms with Crippen molar-refractivity contribution in [3.63, 3.8) is 0 Å². The largest absolute Gasteiger partial charge is 0.295 e. The van der Waals surface area contributed by atoms with Crippen LogP contribution in [0, 0.1) is 0 Å². The van der Waals surface area contributed by atoms with Crippen LogP contribution in [0.4, 0.5) is 0 Å². The van der Waals surface area contributed by atoms with E-state index in [0.717, 1.165) is 12.4 Å². The number of nitrogens with zero attached hydrogens (tertiary/aromatic N) is 2. The summed E-state index contributed by atoms with van der Waals surface area (Å²) in [5.74, 6) is 0.755. The monoisotopic (exact) mass is 238 g/mol. The minimum atomic E-state index is 0.553. The maximum Gasteiger partial charge on any atom is 0.0379 e. The smallest absolute Gasteiger partial charge is 0.0379 e. The van der Waals surface area contributed by atoms with Gasteiger partial charge >= 0.3 is 0 Å². The van der Waals surface area contributed by atoms with Gasteiger partial charge in [-0.3, -0.25) is 9.88 Å². The summed E-state index contributed by atoms with van der Waals surface area (Å²) >= 11 is 6.06. The van der Waals surface area contributed by atoms with Crippen molar-refractivity contribution in [2.75, 3.05) is 12.4 Å². The highest BCUT2D eigenvalue weighted by atomic mass is 35.5. The molecule has 0 aromatic carbocycles. The molecule has 1 atom stereocenters. The lowest BCUT2D eigenvalue weighted by molar-refractivity contribution is 0.207. The summed E-state index contributed by atoms with van der Waals surface area (Å²) in [6, 6.07) is 4.74. The molecule has 1 saturated heterocycles. The highest BCUT2D eigenvalue weighted by Crippen LogP contribution is 2.19. The van der Waals surface area contributed by atoms with Crippen LogP contribution >= 0.6 is 11.6 Å². The first-order valence-corrected chi connectivity index (χ1v) is 6.62. The second-order valence-electron chi connectivity index (χ2n) is 4.48. The fourth-order valence-electron chi connectivity index (χ4n) is 2.34. The molecule has 2 nitrogen and oxygen atoms in total. The Morgan fingerprint density at radius 3 is 2.81 bits per heavy atom. The van der Waals surface area contributed by atoms with Crippen LogP contribution in [0.2, 0.25) is 0 Å². The standard InChI is InChI=1S/C13H19ClN2/c14-10-13-4-2-1-3-9-16(13)11-12-5-7-15-8-6-12/h5-8,13H,1-4,9-11H2. The van der Waals surface area contributed by atoms with Crippen molar-refractivity contribution in [3.8, 4) is 0 Å². The maximum atomic E-state index is 6.06. The zero-order chi connectivity index (χ0) is 11.2. The van der Waals surface area contributed by atoms with Gasteiger partial charge < -0.3 is 0 Å². The molecule has 1 fully saturated rings. The van der Waals surface area contributed by atoms with Gasteiger partial charge in [0.2, 0.25) is 0 Å². The van der Waals surface area contributed by atoms with E-state index < -0.39 is 0 Å². The molecule has 0 saturated carbocycles. The van der Waals surface area contributed by atoms with Gasteiger partial charge in [0.25, 0.3) is 0 Å². The van der Waals surface area contributed by atoms with E-state index in [1.54, 1.807) is 0 Å². The van der Waals surface area contributed by atoms with Gasteiger partial charge in [0.1, 0.15) is 0 Å². The molecule has 1 aromatic rings. The molecule has 3 heteroatoms. The Hall–Kier alpha value is -0.600. The molecular weight excluding hydrogens is 220 g/mol. The molecule has 0 amide bonds. The fraction of sp³-hybridized carbons (Fsp3) is 0.615. The molecule has 1 aliphatic rings. The van der Waals surface area contributed by atoms with Gasteiger partial charge in [-0.15, -0.1) is 11.6 Å². The summed E-state index contributed by atoms with van der Waals surface area (Å²) in [7, 11) is 0. The summed E-state index contributed by atoms with van der Waals surface area (Å²) < 4.78 is 0. The topological polar surface area (TPSA) is 16.1 Å². The lowest BCUT2D eigenvalue weighted by Gasteiger charge is -2.28. The van der Waals surface area contributed by atoms with E-state index in [4.69, 9.17) is 11.6 Å². The summed E-state index contributed by atoms with van der Waals surface area (Å²) in [5, 5.41) is 0. The Balaban J connectivity index is 2.00. The first-order chi connectivity index (χ1) is 7.90. The van der Waals surface area contributed by atoms with Crippen molar-refractivity contribution in [2.24, 2.45) is 0 Å². The van der Waals surface area contributed by atoms with E-state index in [-0.39, 0.29) is 0 Å². The number of alkyl halides is 1. The van der Waals surface area contributed by atoms with Crippen molar-refractivity contribution in [3.05, 3.63) is 30.1 Å². The maximum absolute atomic E-state index is 6.06. The second-order valence-corrected chi connectivity index (χ2v) is 4.79. The number of hydrogen-bond acceptors (Lipinski definition) is 2. The molecule has 0 aliphatic carbocycles. The number of hydrogen-bond donors (Lipinski definition) is 0. The quantitative estimate of drug-likeness (QED) is 0.753. The highest BCUT2D eigenvalue weighted by molar-refractivity contribution is 6.18. The third kappa shape index (κ3) is 3.19. The third-order valence-electron chi connectivity index (χ3n) is 3.31. The van der Waals surface area contributed by atoms with Crippen LogP contribution in [0.25, 0.3) is 0 Å². The number of rotatable bonds is 3. The first-order valence-electron chi connectivity index (χ1n) is 6.09. The Kier molecular flexibility index (Phi) is 4.61. The molecule has 16 heavy (non-hydrogen) atoms. The number of pyridine rings is 1. The predicted octanol–water partition coefficient (Wildman–Crippen LogP) is 3.07. The van der Waals surface area contributed by atoms with Crippen LogP contribution < -0.4 is 0 Å². The van der Waals surface area contributed by atoms with Crippen LogP contribution in [0.5, 0.6) is 0 Å². The average Bonchev–Trinajstić information content (AvgIpc) is 2.55. The van der Waals surface area contributed by atoms with Gasteiger partial charge in [-0.1, -0.05) is 12.8 Å². The SMILES string of the molecule is ClCC1CCCCCN1Cc1ccncc1. The zero-order valence-electron chi connectivity index (χ0n) is 9.61. The van der Waals surface area contributed by atoms with Crippen LogP contribution in [0.15, 0.2) is 24.5 Å². The fourth-order valence-corrected chi connectivity index (χ4v) is 2.69. The molecule has 1 aromatic heterocycles. The van der Waals surface area contributed by atoms with E-state index in [1.807, 2.05) is 12.4 Å². The first kappa shape index (κ1) is 11.9. The van der Waals surface area contributed by atoms with Crippen LogP contribution in [-0.4, -0.2) is 28.4 Å². The molecule has 0 spiro atoms. The van der Waals surface area contributed by atoms with Gasteiger partial charge in [-0.2, -0.15) is 0 Å². The second kappa shape index (κ2) is 6.21. The van der Waals surface area contributed by atoms with E-state index in [9.17, 15) is 0 Å². The average molecular weight is 239 g/mol. The molecule has 1 unspecified atom stereocenters. The summed E-state index contributed by atoms with van der Waals surface area (Å²) in [5.41, 5.74) is 1.34. The van der Waals surface area contributed by atoms with E-state index in [2.05, 4.69) is 22.0 Å². The molecule has 88 valence electrons. The number of aromatic nitrogens is 1. The summed E-state index contributed by atoms with van der Waals surface area (Å²) in [6.45, 7) is 2.19. The molecule has 1 aliphatic heterocycles. The number of halogens is 1. The van der Waals surface area contributed by atoms with E-state index in [0.29, 0.717) is 6.04 Å². The number of likely N-dealkylation sites (tertiary alicyclic amines) is 1. The zero-order valence-corrected chi connectivity index (χ0v) is 10.4. The molecule has 0 radical (unpaired) electrons. The summed E-state index contributed by atoms with van der Waals surface area (Å²) in [6.07, 6.45) is 8.95. The van der Waals surface area contributed by atoms with Gasteiger partial charge in [0.05, 0.1) is 0 Å². The van der Waals surface area contributed by atoms with Gasteiger partial charge in [0, 0.05) is 30.9 Å². The van der Waals surface area contributed by atoms with Crippen LogP contribution in [0.3, 0.4) is 0 Å². The molecule has 2 heterocycles. The lowest BCUT2D eigenvalue weighted by atomic mass is 10.1. The Bertz CT molecular complexity index is 302. The van der Waals surface area contributed by atoms with Gasteiger partial charge in [-0.25, -0.2) is 0 Å². The van der Waals surface area contributed by atoms with E-state index >= 15 is 0 Å².